The number of phosphoric ester groups is 2. The maximum absolute atomic E-state index is 13.1. The van der Waals surface area contributed by atoms with E-state index in [1.54, 1.807) is 0 Å². The van der Waals surface area contributed by atoms with Gasteiger partial charge in [-0.15, -0.1) is 0 Å². The Morgan fingerprint density at radius 3 is 0.800 bits per heavy atom. The number of aliphatic hydroxyl groups excluding tert-OH is 1. The summed E-state index contributed by atoms with van der Waals surface area (Å²) in [6.45, 7) is 4.70. The third-order valence-electron chi connectivity index (χ3n) is 17.2. The molecule has 0 aromatic heterocycles. The maximum atomic E-state index is 13.1. The highest BCUT2D eigenvalue weighted by molar-refractivity contribution is 7.47. The van der Waals surface area contributed by atoms with Crippen molar-refractivity contribution in [3.63, 3.8) is 0 Å². The molecule has 0 saturated heterocycles. The van der Waals surface area contributed by atoms with E-state index in [1.807, 2.05) is 0 Å². The molecule has 3 N–H and O–H groups in total. The maximum Gasteiger partial charge on any atom is 0.472 e. The number of unbranched alkanes of at least 4 members (excludes halogenated alkanes) is 38. The van der Waals surface area contributed by atoms with Gasteiger partial charge in [0.1, 0.15) is 19.3 Å². The van der Waals surface area contributed by atoms with Crippen LogP contribution in [0.15, 0.2) is 72.9 Å². The first-order chi connectivity index (χ1) is 48.7. The van der Waals surface area contributed by atoms with Gasteiger partial charge in [0.05, 0.1) is 26.4 Å². The number of carbonyl (C=O) groups is 4. The Bertz CT molecular complexity index is 2180. The van der Waals surface area contributed by atoms with Crippen LogP contribution in [0.1, 0.15) is 362 Å². The van der Waals surface area contributed by atoms with Gasteiger partial charge in [0.15, 0.2) is 12.2 Å². The highest BCUT2D eigenvalue weighted by Gasteiger charge is 2.30. The number of esters is 4. The molecule has 5 atom stereocenters. The molecule has 0 fully saturated rings. The Labute approximate surface area is 609 Å². The molecular weight excluding hydrogens is 1310 g/mol. The lowest BCUT2D eigenvalue weighted by atomic mass is 10.0. The van der Waals surface area contributed by atoms with Crippen molar-refractivity contribution in [3.05, 3.63) is 72.9 Å². The molecule has 0 aromatic carbocycles. The number of aliphatic hydroxyl groups is 1. The van der Waals surface area contributed by atoms with E-state index in [0.717, 1.165) is 173 Å². The van der Waals surface area contributed by atoms with Gasteiger partial charge in [0.25, 0.3) is 0 Å². The van der Waals surface area contributed by atoms with Gasteiger partial charge in [0, 0.05) is 25.7 Å². The van der Waals surface area contributed by atoms with Crippen molar-refractivity contribution in [2.24, 2.45) is 0 Å². The number of allylic oxidation sites excluding steroid dienone is 12. The fourth-order valence-corrected chi connectivity index (χ4v) is 12.7. The first kappa shape index (κ1) is 96.5. The fraction of sp³-hybridized carbons (Fsp3) is 0.802. The molecule has 19 heteroatoms. The lowest BCUT2D eigenvalue weighted by Crippen LogP contribution is -2.30. The lowest BCUT2D eigenvalue weighted by Gasteiger charge is -2.21. The van der Waals surface area contributed by atoms with Crippen LogP contribution in [-0.2, 0) is 65.4 Å². The van der Waals surface area contributed by atoms with E-state index >= 15 is 0 Å². The van der Waals surface area contributed by atoms with Gasteiger partial charge in [0.2, 0.25) is 0 Å². The van der Waals surface area contributed by atoms with Gasteiger partial charge in [-0.05, 0) is 89.9 Å². The molecule has 0 spiro atoms. The third-order valence-corrected chi connectivity index (χ3v) is 19.1. The largest absolute Gasteiger partial charge is 0.472 e. The standard InChI is InChI=1S/C81H146O17P2/c1-5-9-13-17-21-25-29-32-35-37-40-43-47-50-54-58-62-66-79(84)92-72-77(98-81(86)68-64-60-56-52-48-44-41-38-36-33-30-26-22-18-14-10-6-2)74-96-100(89,90)94-70-75(82)69-93-99(87,88)95-73-76(97-80(85)67-63-59-55-51-45-28-24-20-16-12-8-4)71-91-78(83)65-61-57-53-49-46-42-39-34-31-27-23-19-15-11-7-3/h9-10,13-14,21-22,25-26,32-33,35-36,75-77,82H,5-8,11-12,15-20,23-24,27-31,34,37-74H2,1-4H3,(H,87,88)(H,89,90)/b13-9-,14-10-,25-21-,26-22-,35-32-,36-33-. The van der Waals surface area contributed by atoms with Crippen molar-refractivity contribution < 1.29 is 80.2 Å². The van der Waals surface area contributed by atoms with Crippen molar-refractivity contribution in [2.75, 3.05) is 39.6 Å². The highest BCUT2D eigenvalue weighted by atomic mass is 31.2. The molecule has 0 aliphatic heterocycles. The van der Waals surface area contributed by atoms with Crippen molar-refractivity contribution >= 4 is 39.5 Å². The Hall–Kier alpha value is -3.50. The van der Waals surface area contributed by atoms with Crippen LogP contribution in [0.25, 0.3) is 0 Å². The van der Waals surface area contributed by atoms with Crippen molar-refractivity contribution in [1.82, 2.24) is 0 Å². The van der Waals surface area contributed by atoms with Crippen LogP contribution >= 0.6 is 15.6 Å². The molecule has 5 unspecified atom stereocenters. The SMILES string of the molecule is CC/C=C\C/C=C\C/C=C\CCCCCCCCCC(=O)OCC(COP(=O)(O)OCC(O)COP(=O)(O)OCC(COC(=O)CCCCCCCCCCCCCCCCC)OC(=O)CCCCCCCCCCCCC)OC(=O)CCCCCCCCC/C=C\C/C=C\C/C=C\CC. The van der Waals surface area contributed by atoms with Gasteiger partial charge in [-0.3, -0.25) is 37.3 Å². The summed E-state index contributed by atoms with van der Waals surface area (Å²) < 4.78 is 68.6. The zero-order chi connectivity index (χ0) is 73.2. The zero-order valence-corrected chi connectivity index (χ0v) is 65.4. The van der Waals surface area contributed by atoms with E-state index in [2.05, 4.69) is 101 Å². The van der Waals surface area contributed by atoms with E-state index in [4.69, 9.17) is 37.0 Å². The number of hydrogen-bond donors (Lipinski definition) is 3. The molecule has 0 aromatic rings. The molecule has 0 saturated carbocycles. The molecule has 582 valence electrons. The normalized spacial score (nSPS) is 14.3. The topological polar surface area (TPSA) is 237 Å². The number of hydrogen-bond acceptors (Lipinski definition) is 15. The van der Waals surface area contributed by atoms with Gasteiger partial charge in [-0.1, -0.05) is 319 Å². The molecule has 0 amide bonds. The summed E-state index contributed by atoms with van der Waals surface area (Å²) in [6, 6.07) is 0. The van der Waals surface area contributed by atoms with Gasteiger partial charge < -0.3 is 33.8 Å². The summed E-state index contributed by atoms with van der Waals surface area (Å²) in [4.78, 5) is 73.0. The Kier molecular flexibility index (Phi) is 71.2. The Morgan fingerprint density at radius 1 is 0.290 bits per heavy atom. The Balaban J connectivity index is 5.31. The van der Waals surface area contributed by atoms with Crippen LogP contribution in [0.4, 0.5) is 0 Å². The van der Waals surface area contributed by atoms with Crippen LogP contribution < -0.4 is 0 Å². The van der Waals surface area contributed by atoms with E-state index in [0.29, 0.717) is 25.7 Å². The predicted molar refractivity (Wildman–Crippen MR) is 409 cm³/mol. The van der Waals surface area contributed by atoms with Gasteiger partial charge in [-0.25, -0.2) is 9.13 Å². The first-order valence-corrected chi connectivity index (χ1v) is 43.2. The predicted octanol–water partition coefficient (Wildman–Crippen LogP) is 23.2. The molecule has 0 heterocycles. The molecule has 0 radical (unpaired) electrons. The van der Waals surface area contributed by atoms with Crippen LogP contribution in [0.2, 0.25) is 0 Å². The second-order valence-electron chi connectivity index (χ2n) is 27.0. The third kappa shape index (κ3) is 72.8. The van der Waals surface area contributed by atoms with E-state index < -0.39 is 97.5 Å². The number of carbonyl (C=O) groups excluding carboxylic acids is 4. The van der Waals surface area contributed by atoms with E-state index in [1.165, 1.54) is 109 Å². The van der Waals surface area contributed by atoms with Crippen LogP contribution in [0.5, 0.6) is 0 Å². The highest BCUT2D eigenvalue weighted by Crippen LogP contribution is 2.45. The summed E-state index contributed by atoms with van der Waals surface area (Å²) in [5, 5.41) is 10.6. The van der Waals surface area contributed by atoms with Crippen molar-refractivity contribution in [3.8, 4) is 0 Å². The van der Waals surface area contributed by atoms with Crippen molar-refractivity contribution in [1.29, 1.82) is 0 Å². The molecular formula is C81H146O17P2. The number of ether oxygens (including phenoxy) is 4. The van der Waals surface area contributed by atoms with Crippen LogP contribution in [-0.4, -0.2) is 96.7 Å². The quantitative estimate of drug-likeness (QED) is 0.0169. The fourth-order valence-electron chi connectivity index (χ4n) is 11.1. The minimum atomic E-state index is -4.98. The van der Waals surface area contributed by atoms with Crippen molar-refractivity contribution in [2.45, 2.75) is 380 Å². The molecule has 17 nitrogen and oxygen atoms in total. The smallest absolute Gasteiger partial charge is 0.462 e. The summed E-state index contributed by atoms with van der Waals surface area (Å²) in [5.74, 6) is -2.16. The summed E-state index contributed by atoms with van der Waals surface area (Å²) in [6.07, 6.45) is 74.5. The van der Waals surface area contributed by atoms with E-state index in [9.17, 15) is 43.2 Å². The average Bonchev–Trinajstić information content (AvgIpc) is 1.00. The molecule has 0 aliphatic rings. The average molecular weight is 1450 g/mol. The van der Waals surface area contributed by atoms with Gasteiger partial charge in [-0.2, -0.15) is 0 Å². The minimum Gasteiger partial charge on any atom is -0.462 e. The molecule has 0 bridgehead atoms. The molecule has 0 aliphatic carbocycles. The minimum absolute atomic E-state index is 0.0839. The second-order valence-corrected chi connectivity index (χ2v) is 29.9. The van der Waals surface area contributed by atoms with Crippen LogP contribution in [0, 0.1) is 0 Å². The lowest BCUT2D eigenvalue weighted by molar-refractivity contribution is -0.161. The Morgan fingerprint density at radius 2 is 0.520 bits per heavy atom. The van der Waals surface area contributed by atoms with Crippen LogP contribution in [0.3, 0.4) is 0 Å². The first-order valence-electron chi connectivity index (χ1n) is 40.2. The number of rotatable bonds is 76. The monoisotopic (exact) mass is 1450 g/mol. The van der Waals surface area contributed by atoms with Gasteiger partial charge >= 0.3 is 39.5 Å². The second kappa shape index (κ2) is 73.8. The number of phosphoric acid groups is 2. The summed E-state index contributed by atoms with van der Waals surface area (Å²) in [5.41, 5.74) is 0. The molecule has 0 rings (SSSR count). The summed E-state index contributed by atoms with van der Waals surface area (Å²) >= 11 is 0. The van der Waals surface area contributed by atoms with E-state index in [-0.39, 0.29) is 25.7 Å². The summed E-state index contributed by atoms with van der Waals surface area (Å²) in [7, 11) is -9.94. The zero-order valence-electron chi connectivity index (χ0n) is 63.6. The molecule has 100 heavy (non-hydrogen) atoms.